The van der Waals surface area contributed by atoms with Gasteiger partial charge < -0.3 is 9.57 Å². The Bertz CT molecular complexity index is 398. The number of oxime groups is 1. The molecule has 0 aromatic heterocycles. The van der Waals surface area contributed by atoms with Crippen LogP contribution in [0.1, 0.15) is 43.5 Å². The van der Waals surface area contributed by atoms with Gasteiger partial charge in [0.25, 0.3) is 0 Å². The zero-order valence-electron chi connectivity index (χ0n) is 11.6. The minimum atomic E-state index is 0.0172. The summed E-state index contributed by atoms with van der Waals surface area (Å²) in [6, 6.07) is 7.20. The highest BCUT2D eigenvalue weighted by Gasteiger charge is 2.04. The van der Waals surface area contributed by atoms with Crippen molar-refractivity contribution in [3.63, 3.8) is 0 Å². The zero-order chi connectivity index (χ0) is 13.9. The lowest BCUT2D eigenvalue weighted by Crippen LogP contribution is -2.01. The van der Waals surface area contributed by atoms with Crippen LogP contribution in [-0.2, 0) is 4.84 Å². The van der Waals surface area contributed by atoms with E-state index in [-0.39, 0.29) is 12.2 Å². The summed E-state index contributed by atoms with van der Waals surface area (Å²) in [5.41, 5.74) is 0.658. The van der Waals surface area contributed by atoms with Gasteiger partial charge in [0.05, 0.1) is 12.8 Å². The first-order valence-electron chi connectivity index (χ1n) is 6.67. The molecular weight excluding hydrogens is 242 g/mol. The maximum absolute atomic E-state index is 11.8. The van der Waals surface area contributed by atoms with Crippen LogP contribution in [0.4, 0.5) is 0 Å². The molecule has 104 valence electrons. The molecule has 0 atom stereocenters. The van der Waals surface area contributed by atoms with Gasteiger partial charge in [-0.15, -0.1) is 0 Å². The molecular formula is C15H21NO3. The second-order valence-electron chi connectivity index (χ2n) is 4.06. The summed E-state index contributed by atoms with van der Waals surface area (Å²) in [6.07, 6.45) is 3.87. The van der Waals surface area contributed by atoms with E-state index < -0.39 is 0 Å². The third-order valence-electron chi connectivity index (χ3n) is 2.50. The first kappa shape index (κ1) is 15.2. The quantitative estimate of drug-likeness (QED) is 0.297. The zero-order valence-corrected chi connectivity index (χ0v) is 11.6. The fourth-order valence-electron chi connectivity index (χ4n) is 1.44. The van der Waals surface area contributed by atoms with E-state index in [9.17, 15) is 4.79 Å². The topological polar surface area (TPSA) is 47.9 Å². The molecule has 1 rings (SSSR count). The number of carbonyl (C=O) groups excluding carboxylic acids is 1. The lowest BCUT2D eigenvalue weighted by molar-refractivity contribution is 0.0998. The summed E-state index contributed by atoms with van der Waals surface area (Å²) in [5.74, 6) is 0.816. The Hall–Kier alpha value is -1.84. The molecule has 0 bridgehead atoms. The molecule has 0 aliphatic rings. The fraction of sp³-hybridized carbons (Fsp3) is 0.467. The second kappa shape index (κ2) is 9.14. The Morgan fingerprint density at radius 1 is 1.26 bits per heavy atom. The first-order valence-corrected chi connectivity index (χ1v) is 6.67. The smallest absolute Gasteiger partial charge is 0.168 e. The number of unbranched alkanes of at least 4 members (excludes halogenated alkanes) is 1. The van der Waals surface area contributed by atoms with Crippen molar-refractivity contribution in [1.82, 2.24) is 0 Å². The van der Waals surface area contributed by atoms with E-state index in [1.54, 1.807) is 12.1 Å². The van der Waals surface area contributed by atoms with Crippen LogP contribution in [0.2, 0.25) is 0 Å². The molecule has 0 fully saturated rings. The molecule has 4 heteroatoms. The number of rotatable bonds is 9. The van der Waals surface area contributed by atoms with Gasteiger partial charge in [-0.1, -0.05) is 18.5 Å². The molecule has 0 amide bonds. The Morgan fingerprint density at radius 3 is 2.63 bits per heavy atom. The fourth-order valence-corrected chi connectivity index (χ4v) is 1.44. The van der Waals surface area contributed by atoms with Gasteiger partial charge in [-0.25, -0.2) is 0 Å². The summed E-state index contributed by atoms with van der Waals surface area (Å²) in [6.45, 7) is 5.19. The van der Waals surface area contributed by atoms with E-state index in [1.807, 2.05) is 19.1 Å². The van der Waals surface area contributed by atoms with E-state index >= 15 is 0 Å². The van der Waals surface area contributed by atoms with Gasteiger partial charge in [-0.3, -0.25) is 4.79 Å². The summed E-state index contributed by atoms with van der Waals surface area (Å²) in [7, 11) is 0. The first-order chi connectivity index (χ1) is 9.27. The number of carbonyl (C=O) groups is 1. The van der Waals surface area contributed by atoms with Crippen LogP contribution in [0.5, 0.6) is 5.75 Å². The summed E-state index contributed by atoms with van der Waals surface area (Å²) in [4.78, 5) is 16.6. The van der Waals surface area contributed by atoms with E-state index in [0.29, 0.717) is 18.8 Å². The summed E-state index contributed by atoms with van der Waals surface area (Å²) in [5, 5.41) is 3.65. The summed E-state index contributed by atoms with van der Waals surface area (Å²) < 4.78 is 5.54. The standard InChI is InChI=1S/C15H21NO3/c1-3-5-12-18-14-8-6-13(7-9-14)15(17)10-11-16-19-4-2/h6-9,11H,3-5,10,12H2,1-2H3/b16-11+. The molecule has 0 heterocycles. The number of ketones is 1. The molecule has 0 aliphatic heterocycles. The molecule has 4 nitrogen and oxygen atoms in total. The molecule has 0 spiro atoms. The molecule has 1 aromatic rings. The van der Waals surface area contributed by atoms with Gasteiger partial charge >= 0.3 is 0 Å². The molecule has 0 unspecified atom stereocenters. The lowest BCUT2D eigenvalue weighted by atomic mass is 10.1. The Balaban J connectivity index is 2.44. The van der Waals surface area contributed by atoms with Gasteiger partial charge in [0.1, 0.15) is 12.4 Å². The predicted octanol–water partition coefficient (Wildman–Crippen LogP) is 3.46. The monoisotopic (exact) mass is 263 g/mol. The Kier molecular flexibility index (Phi) is 7.32. The maximum atomic E-state index is 11.8. The molecule has 0 aliphatic carbocycles. The number of hydrogen-bond acceptors (Lipinski definition) is 4. The number of hydrogen-bond donors (Lipinski definition) is 0. The van der Waals surface area contributed by atoms with Crippen LogP contribution in [0.25, 0.3) is 0 Å². The highest BCUT2D eigenvalue weighted by atomic mass is 16.6. The Morgan fingerprint density at radius 2 is 2.00 bits per heavy atom. The van der Waals surface area contributed by atoms with Gasteiger partial charge in [0, 0.05) is 12.0 Å². The number of Topliss-reactive ketones (excluding diaryl/α,β-unsaturated/α-hetero) is 1. The van der Waals surface area contributed by atoms with Gasteiger partial charge in [0.2, 0.25) is 0 Å². The molecule has 0 saturated carbocycles. The molecule has 1 aromatic carbocycles. The SMILES string of the molecule is CCCCOc1ccc(C(=O)C/C=N/OCC)cc1. The predicted molar refractivity (Wildman–Crippen MR) is 75.9 cm³/mol. The number of benzene rings is 1. The normalized spacial score (nSPS) is 10.6. The maximum Gasteiger partial charge on any atom is 0.168 e. The third-order valence-corrected chi connectivity index (χ3v) is 2.50. The van der Waals surface area contributed by atoms with Gasteiger partial charge in [-0.05, 0) is 37.6 Å². The van der Waals surface area contributed by atoms with E-state index in [4.69, 9.17) is 9.57 Å². The minimum Gasteiger partial charge on any atom is -0.494 e. The van der Waals surface area contributed by atoms with Crippen LogP contribution in [-0.4, -0.2) is 25.2 Å². The van der Waals surface area contributed by atoms with Crippen molar-refractivity contribution < 1.29 is 14.4 Å². The Labute approximate surface area is 114 Å². The van der Waals surface area contributed by atoms with Crippen molar-refractivity contribution in [3.8, 4) is 5.75 Å². The molecule has 0 saturated heterocycles. The average Bonchev–Trinajstić information content (AvgIpc) is 2.44. The van der Waals surface area contributed by atoms with Crippen LogP contribution in [0.15, 0.2) is 29.4 Å². The van der Waals surface area contributed by atoms with Crippen molar-refractivity contribution in [2.75, 3.05) is 13.2 Å². The third kappa shape index (κ3) is 6.04. The van der Waals surface area contributed by atoms with Gasteiger partial charge in [0.15, 0.2) is 5.78 Å². The number of ether oxygens (including phenoxy) is 1. The van der Waals surface area contributed by atoms with Crippen molar-refractivity contribution in [2.45, 2.75) is 33.1 Å². The van der Waals surface area contributed by atoms with Crippen molar-refractivity contribution in [2.24, 2.45) is 5.16 Å². The van der Waals surface area contributed by atoms with Crippen LogP contribution >= 0.6 is 0 Å². The highest BCUT2D eigenvalue weighted by molar-refractivity contribution is 6.03. The van der Waals surface area contributed by atoms with Crippen molar-refractivity contribution >= 4 is 12.0 Å². The molecule has 0 radical (unpaired) electrons. The van der Waals surface area contributed by atoms with E-state index in [1.165, 1.54) is 6.21 Å². The average molecular weight is 263 g/mol. The minimum absolute atomic E-state index is 0.0172. The van der Waals surface area contributed by atoms with Crippen LogP contribution in [0, 0.1) is 0 Å². The highest BCUT2D eigenvalue weighted by Crippen LogP contribution is 2.13. The largest absolute Gasteiger partial charge is 0.494 e. The van der Waals surface area contributed by atoms with E-state index in [0.717, 1.165) is 18.6 Å². The van der Waals surface area contributed by atoms with Crippen LogP contribution < -0.4 is 4.74 Å². The van der Waals surface area contributed by atoms with Crippen LogP contribution in [0.3, 0.4) is 0 Å². The molecule has 19 heavy (non-hydrogen) atoms. The van der Waals surface area contributed by atoms with Gasteiger partial charge in [-0.2, -0.15) is 0 Å². The van der Waals surface area contributed by atoms with Crippen molar-refractivity contribution in [3.05, 3.63) is 29.8 Å². The summed E-state index contributed by atoms with van der Waals surface area (Å²) >= 11 is 0. The van der Waals surface area contributed by atoms with Crippen molar-refractivity contribution in [1.29, 1.82) is 0 Å². The second-order valence-corrected chi connectivity index (χ2v) is 4.06. The molecule has 0 N–H and O–H groups in total. The van der Waals surface area contributed by atoms with E-state index in [2.05, 4.69) is 12.1 Å². The number of nitrogens with zero attached hydrogens (tertiary/aromatic N) is 1. The lowest BCUT2D eigenvalue weighted by Gasteiger charge is -2.05.